The second kappa shape index (κ2) is 15.0. The molecule has 2 aromatic carbocycles. The topological polar surface area (TPSA) is 33.7 Å². The van der Waals surface area contributed by atoms with Crippen molar-refractivity contribution in [1.82, 2.24) is 9.80 Å². The molecule has 0 aromatic heterocycles. The lowest BCUT2D eigenvalue weighted by molar-refractivity contribution is 0.183. The van der Waals surface area contributed by atoms with E-state index in [-0.39, 0.29) is 0 Å². The maximum absolute atomic E-state index is 7.65. The average molecular weight is 511 g/mol. The minimum absolute atomic E-state index is 0.320. The summed E-state index contributed by atoms with van der Waals surface area (Å²) in [5, 5.41) is 0. The molecule has 2 aromatic rings. The predicted molar refractivity (Wildman–Crippen MR) is 154 cm³/mol. The lowest BCUT2D eigenvalue weighted by atomic mass is 10.1. The molecule has 198 valence electrons. The summed E-state index contributed by atoms with van der Waals surface area (Å²) in [6, 6.07) is 15.4. The van der Waals surface area contributed by atoms with Gasteiger partial charge >= 0.3 is 0 Å². The van der Waals surface area contributed by atoms with Crippen LogP contribution >= 0.6 is 0 Å². The summed E-state index contributed by atoms with van der Waals surface area (Å²) >= 11 is 0. The van der Waals surface area contributed by atoms with Crippen molar-refractivity contribution >= 4 is 12.2 Å². The average Bonchev–Trinajstić information content (AvgIpc) is 2.97. The number of rotatable bonds is 11. The largest absolute Gasteiger partial charge is 0.492 e. The number of hydrogen-bond donors (Lipinski definition) is 0. The van der Waals surface area contributed by atoms with Crippen LogP contribution in [0.1, 0.15) is 49.7 Å². The SMILES string of the molecule is [C-]#[N+]C(=C\c1ccc(OCCN2CCCCC2)cc1)/C(=C/c1ccc(OCCN2CCCCC2)cc1)[N+]#[C-]. The van der Waals surface area contributed by atoms with Crippen molar-refractivity contribution in [2.45, 2.75) is 38.5 Å². The third kappa shape index (κ3) is 8.77. The zero-order valence-corrected chi connectivity index (χ0v) is 22.3. The second-order valence-electron chi connectivity index (χ2n) is 9.92. The highest BCUT2D eigenvalue weighted by Gasteiger charge is 2.11. The molecular formula is C32H38N4O2. The van der Waals surface area contributed by atoms with Crippen LogP contribution < -0.4 is 9.47 Å². The van der Waals surface area contributed by atoms with E-state index in [0.29, 0.717) is 24.6 Å². The standard InChI is InChI=1S/C32H38N4O2/c1-33-31(25-27-9-13-29(14-10-27)37-23-21-35-17-5-3-6-18-35)32(34-2)26-28-11-15-30(16-12-28)38-24-22-36-19-7-4-8-20-36/h9-16,25-26H,3-8,17-24H2/b31-25-,32-26-. The van der Waals surface area contributed by atoms with E-state index in [9.17, 15) is 0 Å². The van der Waals surface area contributed by atoms with Crippen molar-refractivity contribution in [3.63, 3.8) is 0 Å². The molecule has 2 fully saturated rings. The highest BCUT2D eigenvalue weighted by atomic mass is 16.5. The van der Waals surface area contributed by atoms with E-state index < -0.39 is 0 Å². The first-order valence-corrected chi connectivity index (χ1v) is 13.8. The molecule has 0 unspecified atom stereocenters. The Hall–Kier alpha value is -3.58. The summed E-state index contributed by atoms with van der Waals surface area (Å²) < 4.78 is 11.8. The summed E-state index contributed by atoms with van der Waals surface area (Å²) in [4.78, 5) is 12.2. The number of likely N-dealkylation sites (tertiary alicyclic amines) is 2. The van der Waals surface area contributed by atoms with Gasteiger partial charge in [0.1, 0.15) is 24.7 Å². The predicted octanol–water partition coefficient (Wildman–Crippen LogP) is 6.64. The second-order valence-corrected chi connectivity index (χ2v) is 9.92. The zero-order valence-electron chi connectivity index (χ0n) is 22.3. The molecule has 0 saturated carbocycles. The first kappa shape index (κ1) is 27.5. The molecule has 6 heteroatoms. The fraction of sp³-hybridized carbons (Fsp3) is 0.438. The molecule has 6 nitrogen and oxygen atoms in total. The number of benzene rings is 2. The van der Waals surface area contributed by atoms with E-state index in [0.717, 1.165) is 35.7 Å². The first-order valence-electron chi connectivity index (χ1n) is 13.8. The van der Waals surface area contributed by atoms with E-state index in [2.05, 4.69) is 19.5 Å². The fourth-order valence-electron chi connectivity index (χ4n) is 4.91. The highest BCUT2D eigenvalue weighted by Crippen LogP contribution is 2.23. The van der Waals surface area contributed by atoms with E-state index in [1.807, 2.05) is 48.5 Å². The van der Waals surface area contributed by atoms with Crippen molar-refractivity contribution < 1.29 is 9.47 Å². The van der Waals surface area contributed by atoms with Crippen LogP contribution in [0.3, 0.4) is 0 Å². The normalized spacial score (nSPS) is 17.4. The molecule has 0 atom stereocenters. The van der Waals surface area contributed by atoms with Crippen LogP contribution in [0.25, 0.3) is 21.8 Å². The summed E-state index contributed by atoms with van der Waals surface area (Å²) in [5.41, 5.74) is 2.37. The van der Waals surface area contributed by atoms with Gasteiger partial charge in [0.25, 0.3) is 0 Å². The lowest BCUT2D eigenvalue weighted by Gasteiger charge is -2.26. The van der Waals surface area contributed by atoms with Crippen molar-refractivity contribution in [1.29, 1.82) is 0 Å². The van der Waals surface area contributed by atoms with Crippen molar-refractivity contribution in [2.75, 3.05) is 52.5 Å². The van der Waals surface area contributed by atoms with Gasteiger partial charge < -0.3 is 9.47 Å². The Kier molecular flexibility index (Phi) is 10.8. The van der Waals surface area contributed by atoms with Gasteiger partial charge in [0, 0.05) is 13.1 Å². The third-order valence-corrected chi connectivity index (χ3v) is 7.12. The molecule has 0 aliphatic carbocycles. The summed E-state index contributed by atoms with van der Waals surface area (Å²) in [6.45, 7) is 23.2. The van der Waals surface area contributed by atoms with Crippen molar-refractivity contribution in [3.8, 4) is 11.5 Å². The number of nitrogens with zero attached hydrogens (tertiary/aromatic N) is 4. The summed E-state index contributed by atoms with van der Waals surface area (Å²) in [5.74, 6) is 1.64. The monoisotopic (exact) mass is 510 g/mol. The molecule has 38 heavy (non-hydrogen) atoms. The number of hydrogen-bond acceptors (Lipinski definition) is 4. The smallest absolute Gasteiger partial charge is 0.195 e. The molecule has 0 N–H and O–H groups in total. The van der Waals surface area contributed by atoms with Gasteiger partial charge in [-0.1, -0.05) is 49.3 Å². The molecule has 0 spiro atoms. The molecule has 0 radical (unpaired) electrons. The van der Waals surface area contributed by atoms with Crippen molar-refractivity contribution in [3.05, 3.63) is 93.9 Å². The first-order chi connectivity index (χ1) is 18.7. The van der Waals surface area contributed by atoms with Gasteiger partial charge in [-0.3, -0.25) is 19.5 Å². The summed E-state index contributed by atoms with van der Waals surface area (Å²) in [6.07, 6.45) is 11.3. The Balaban J connectivity index is 1.30. The fourth-order valence-corrected chi connectivity index (χ4v) is 4.91. The third-order valence-electron chi connectivity index (χ3n) is 7.12. The maximum atomic E-state index is 7.65. The molecular weight excluding hydrogens is 472 g/mol. The van der Waals surface area contributed by atoms with Gasteiger partial charge in [0.15, 0.2) is 11.4 Å². The Morgan fingerprint density at radius 1 is 0.605 bits per heavy atom. The van der Waals surface area contributed by atoms with E-state index in [1.54, 1.807) is 12.2 Å². The van der Waals surface area contributed by atoms with Gasteiger partial charge in [0.2, 0.25) is 0 Å². The molecule has 2 saturated heterocycles. The minimum atomic E-state index is 0.320. The molecule has 0 bridgehead atoms. The molecule has 2 aliphatic rings. The van der Waals surface area contributed by atoms with Crippen LogP contribution in [-0.4, -0.2) is 62.3 Å². The van der Waals surface area contributed by atoms with Crippen LogP contribution in [0.2, 0.25) is 0 Å². The molecule has 4 rings (SSSR count). The van der Waals surface area contributed by atoms with Crippen molar-refractivity contribution in [2.24, 2.45) is 0 Å². The van der Waals surface area contributed by atoms with Crippen LogP contribution in [0.5, 0.6) is 11.5 Å². The van der Waals surface area contributed by atoms with Gasteiger partial charge in [0.05, 0.1) is 13.1 Å². The van der Waals surface area contributed by atoms with Gasteiger partial charge in [-0.2, -0.15) is 0 Å². The lowest BCUT2D eigenvalue weighted by Crippen LogP contribution is -2.33. The Bertz CT molecular complexity index is 1050. The van der Waals surface area contributed by atoms with Gasteiger partial charge in [-0.15, -0.1) is 0 Å². The molecule has 0 amide bonds. The van der Waals surface area contributed by atoms with Gasteiger partial charge in [-0.25, -0.2) is 0 Å². The van der Waals surface area contributed by atoms with Gasteiger partial charge in [-0.05, 0) is 87.3 Å². The quantitative estimate of drug-likeness (QED) is 0.251. The zero-order chi connectivity index (χ0) is 26.4. The van der Waals surface area contributed by atoms with E-state index >= 15 is 0 Å². The Morgan fingerprint density at radius 3 is 1.32 bits per heavy atom. The Labute approximate surface area is 227 Å². The molecule has 2 heterocycles. The Morgan fingerprint density at radius 2 is 0.974 bits per heavy atom. The minimum Gasteiger partial charge on any atom is -0.492 e. The van der Waals surface area contributed by atoms with E-state index in [1.165, 1.54) is 64.7 Å². The van der Waals surface area contributed by atoms with E-state index in [4.69, 9.17) is 22.6 Å². The number of ether oxygens (including phenoxy) is 2. The highest BCUT2D eigenvalue weighted by molar-refractivity contribution is 5.69. The maximum Gasteiger partial charge on any atom is 0.195 e. The van der Waals surface area contributed by atoms with Crippen LogP contribution in [0.15, 0.2) is 59.9 Å². The summed E-state index contributed by atoms with van der Waals surface area (Å²) in [7, 11) is 0. The van der Waals surface area contributed by atoms with Crippen LogP contribution in [0.4, 0.5) is 0 Å². The number of piperidine rings is 2. The molecule has 2 aliphatic heterocycles. The van der Waals surface area contributed by atoms with Crippen LogP contribution in [-0.2, 0) is 0 Å². The van der Waals surface area contributed by atoms with Crippen LogP contribution in [0, 0.1) is 13.1 Å².